The predicted molar refractivity (Wildman–Crippen MR) is 264 cm³/mol. The number of unbranched alkanes of at least 4 members (excludes halogenated alkanes) is 18. The lowest BCUT2D eigenvalue weighted by Gasteiger charge is -2.16. The molecule has 0 saturated heterocycles. The molecule has 0 aromatic heterocycles. The Morgan fingerprint density at radius 2 is 0.766 bits per heavy atom. The summed E-state index contributed by atoms with van der Waals surface area (Å²) in [6.45, 7) is 11.6. The van der Waals surface area contributed by atoms with Gasteiger partial charge in [-0.1, -0.05) is 179 Å². The lowest BCUT2D eigenvalue weighted by Crippen LogP contribution is -2.03. The van der Waals surface area contributed by atoms with E-state index in [9.17, 15) is 14.7 Å². The summed E-state index contributed by atoms with van der Waals surface area (Å²) in [6, 6.07) is 22.4. The molecule has 0 saturated carbocycles. The van der Waals surface area contributed by atoms with Crippen LogP contribution in [0.4, 0.5) is 0 Å². The minimum absolute atomic E-state index is 0.0556. The van der Waals surface area contributed by atoms with Gasteiger partial charge in [-0.25, -0.2) is 9.59 Å². The third kappa shape index (κ3) is 20.9. The smallest absolute Gasteiger partial charge is 0.335 e. The Morgan fingerprint density at radius 3 is 1.09 bits per heavy atom. The number of carboxylic acid groups (broad SMARTS) is 2. The van der Waals surface area contributed by atoms with Gasteiger partial charge in [0.2, 0.25) is 0 Å². The molecule has 0 fully saturated rings. The number of carbonyl (C=O) groups is 2. The molecule has 0 amide bonds. The molecule has 0 bridgehead atoms. The Balaban J connectivity index is 0.000000340. The molecule has 4 aromatic rings. The summed E-state index contributed by atoms with van der Waals surface area (Å²) in [5.74, 6) is -0.142. The highest BCUT2D eigenvalue weighted by Crippen LogP contribution is 2.30. The van der Waals surface area contributed by atoms with Crippen LogP contribution in [0.15, 0.2) is 72.8 Å². The lowest BCUT2D eigenvalue weighted by molar-refractivity contribution is 0.0686. The van der Waals surface area contributed by atoms with Gasteiger partial charge in [0.25, 0.3) is 0 Å². The second-order valence-corrected chi connectivity index (χ2v) is 17.8. The Kier molecular flexibility index (Phi) is 26.9. The van der Waals surface area contributed by atoms with Gasteiger partial charge in [0, 0.05) is 5.56 Å². The standard InChI is InChI=1S/C29H42O3.C28H40O4/c1-4-6-7-8-9-10-11-12-13-14-15-25-20-23(3)28(26(5-2)21-25)32-22-24-16-18-27(19-17-24)29(30)31;1-3-4-5-6-7-8-9-10-11-12-13-24-18-22(2)27(26(19-24)20-29)32-21-23-14-16-25(17-15-23)28(30)31/h16-21H,4-15,22H2,1-3H3,(H,30,31);14-19,29H,3-13,20-21H2,1-2H3,(H,30,31). The number of ether oxygens (including phenoxy) is 2. The van der Waals surface area contributed by atoms with Crippen LogP contribution in [-0.4, -0.2) is 27.3 Å². The minimum Gasteiger partial charge on any atom is -0.488 e. The fourth-order valence-electron chi connectivity index (χ4n) is 8.37. The van der Waals surface area contributed by atoms with Crippen molar-refractivity contribution in [1.82, 2.24) is 0 Å². The molecule has 7 heteroatoms. The summed E-state index contributed by atoms with van der Waals surface area (Å²) in [5, 5.41) is 27.9. The zero-order valence-corrected chi connectivity index (χ0v) is 40.3. The molecule has 3 N–H and O–H groups in total. The summed E-state index contributed by atoms with van der Waals surface area (Å²) in [6.07, 6.45) is 30.1. The summed E-state index contributed by atoms with van der Waals surface area (Å²) >= 11 is 0. The molecular weight excluding hydrogens is 797 g/mol. The molecule has 4 aromatic carbocycles. The number of aliphatic hydroxyl groups excluding tert-OH is 1. The van der Waals surface area contributed by atoms with Crippen LogP contribution in [0.1, 0.15) is 214 Å². The van der Waals surface area contributed by atoms with Crippen molar-refractivity contribution in [3.63, 3.8) is 0 Å². The quantitative estimate of drug-likeness (QED) is 0.0419. The predicted octanol–water partition coefficient (Wildman–Crippen LogP) is 15.5. The molecule has 0 aliphatic rings. The van der Waals surface area contributed by atoms with Crippen molar-refractivity contribution >= 4 is 11.9 Å². The van der Waals surface area contributed by atoms with Gasteiger partial charge in [0.1, 0.15) is 24.7 Å². The van der Waals surface area contributed by atoms with Crippen molar-refractivity contribution in [2.24, 2.45) is 0 Å². The third-order valence-electron chi connectivity index (χ3n) is 12.2. The van der Waals surface area contributed by atoms with Crippen molar-refractivity contribution < 1.29 is 34.4 Å². The molecule has 0 aliphatic heterocycles. The van der Waals surface area contributed by atoms with Crippen LogP contribution < -0.4 is 9.47 Å². The maximum atomic E-state index is 11.0. The number of carboxylic acids is 2. The first-order chi connectivity index (χ1) is 31.1. The Bertz CT molecular complexity index is 1760. The van der Waals surface area contributed by atoms with Crippen molar-refractivity contribution in [3.8, 4) is 11.5 Å². The van der Waals surface area contributed by atoms with E-state index in [0.717, 1.165) is 53.0 Å². The molecule has 0 unspecified atom stereocenters. The highest BCUT2D eigenvalue weighted by Gasteiger charge is 2.12. The number of aryl methyl sites for hydroxylation is 5. The summed E-state index contributed by atoms with van der Waals surface area (Å²) < 4.78 is 12.2. The lowest BCUT2D eigenvalue weighted by atomic mass is 9.98. The Labute approximate surface area is 387 Å². The van der Waals surface area contributed by atoms with E-state index in [1.807, 2.05) is 19.1 Å². The van der Waals surface area contributed by atoms with Crippen LogP contribution in [0, 0.1) is 13.8 Å². The molecule has 0 heterocycles. The van der Waals surface area contributed by atoms with E-state index in [1.54, 1.807) is 36.4 Å². The minimum atomic E-state index is -0.936. The van der Waals surface area contributed by atoms with Gasteiger partial charge < -0.3 is 24.8 Å². The van der Waals surface area contributed by atoms with Gasteiger partial charge in [0.15, 0.2) is 0 Å². The monoisotopic (exact) mass is 879 g/mol. The molecule has 0 radical (unpaired) electrons. The second kappa shape index (κ2) is 32.1. The molecule has 0 atom stereocenters. The number of aliphatic hydroxyl groups is 1. The number of rotatable bonds is 32. The average Bonchev–Trinajstić information content (AvgIpc) is 3.29. The molecule has 4 rings (SSSR count). The molecule has 0 spiro atoms. The van der Waals surface area contributed by atoms with Crippen LogP contribution in [0.2, 0.25) is 0 Å². The highest BCUT2D eigenvalue weighted by molar-refractivity contribution is 5.88. The van der Waals surface area contributed by atoms with Crippen molar-refractivity contribution in [3.05, 3.63) is 128 Å². The van der Waals surface area contributed by atoms with E-state index < -0.39 is 11.9 Å². The normalized spacial score (nSPS) is 11.0. The van der Waals surface area contributed by atoms with Gasteiger partial charge in [0.05, 0.1) is 17.7 Å². The summed E-state index contributed by atoms with van der Waals surface area (Å²) in [5.41, 5.74) is 9.39. The first-order valence-corrected chi connectivity index (χ1v) is 24.9. The van der Waals surface area contributed by atoms with E-state index in [-0.39, 0.29) is 12.2 Å². The van der Waals surface area contributed by atoms with Crippen LogP contribution in [0.5, 0.6) is 11.5 Å². The molecule has 352 valence electrons. The fraction of sp³-hybridized carbons (Fsp3) is 0.544. The van der Waals surface area contributed by atoms with Gasteiger partial charge >= 0.3 is 11.9 Å². The Hall–Kier alpha value is -4.62. The number of aromatic carboxylic acids is 2. The third-order valence-corrected chi connectivity index (χ3v) is 12.2. The average molecular weight is 879 g/mol. The summed E-state index contributed by atoms with van der Waals surface area (Å²) in [7, 11) is 0. The summed E-state index contributed by atoms with van der Waals surface area (Å²) in [4.78, 5) is 22.0. The van der Waals surface area contributed by atoms with Gasteiger partial charge in [-0.2, -0.15) is 0 Å². The highest BCUT2D eigenvalue weighted by atomic mass is 16.5. The van der Waals surface area contributed by atoms with Crippen molar-refractivity contribution in [2.75, 3.05) is 0 Å². The van der Waals surface area contributed by atoms with E-state index in [0.29, 0.717) is 18.8 Å². The molecule has 64 heavy (non-hydrogen) atoms. The topological polar surface area (TPSA) is 113 Å². The van der Waals surface area contributed by atoms with E-state index in [2.05, 4.69) is 52.0 Å². The van der Waals surface area contributed by atoms with Gasteiger partial charge in [-0.05, 0) is 115 Å². The SMILES string of the molecule is CCCCCCCCCCCCc1cc(C)c(OCc2ccc(C(=O)O)cc2)c(CC)c1.CCCCCCCCCCCCc1cc(C)c(OCc2ccc(C(=O)O)cc2)c(CO)c1. The van der Waals surface area contributed by atoms with Crippen LogP contribution in [0.25, 0.3) is 0 Å². The van der Waals surface area contributed by atoms with E-state index in [4.69, 9.17) is 19.7 Å². The Morgan fingerprint density at radius 1 is 0.438 bits per heavy atom. The molecule has 0 aliphatic carbocycles. The first-order valence-electron chi connectivity index (χ1n) is 24.9. The van der Waals surface area contributed by atoms with E-state index >= 15 is 0 Å². The van der Waals surface area contributed by atoms with Crippen molar-refractivity contribution in [1.29, 1.82) is 0 Å². The maximum Gasteiger partial charge on any atom is 0.335 e. The number of benzene rings is 4. The van der Waals surface area contributed by atoms with E-state index in [1.165, 1.54) is 151 Å². The first kappa shape index (κ1) is 53.7. The van der Waals surface area contributed by atoms with Crippen molar-refractivity contribution in [2.45, 2.75) is 202 Å². The number of hydrogen-bond acceptors (Lipinski definition) is 5. The zero-order chi connectivity index (χ0) is 46.4. The van der Waals surface area contributed by atoms with Crippen LogP contribution in [-0.2, 0) is 39.1 Å². The van der Waals surface area contributed by atoms with Gasteiger partial charge in [-0.3, -0.25) is 0 Å². The zero-order valence-electron chi connectivity index (χ0n) is 40.3. The largest absolute Gasteiger partial charge is 0.488 e. The molecular formula is C57H82O7. The fourth-order valence-corrected chi connectivity index (χ4v) is 8.37. The van der Waals surface area contributed by atoms with Crippen LogP contribution >= 0.6 is 0 Å². The van der Waals surface area contributed by atoms with Crippen LogP contribution in [0.3, 0.4) is 0 Å². The van der Waals surface area contributed by atoms with Gasteiger partial charge in [-0.15, -0.1) is 0 Å². The molecule has 7 nitrogen and oxygen atoms in total. The maximum absolute atomic E-state index is 11.0. The number of hydrogen-bond donors (Lipinski definition) is 3. The second-order valence-electron chi connectivity index (χ2n) is 17.8.